The summed E-state index contributed by atoms with van der Waals surface area (Å²) in [6.07, 6.45) is 0.110. The van der Waals surface area contributed by atoms with E-state index in [0.717, 1.165) is 27.6 Å². The van der Waals surface area contributed by atoms with Gasteiger partial charge in [-0.25, -0.2) is 0 Å². The molecule has 2 rings (SSSR count). The van der Waals surface area contributed by atoms with Gasteiger partial charge in [0, 0.05) is 4.90 Å². The Hall–Kier alpha value is -1.94. The summed E-state index contributed by atoms with van der Waals surface area (Å²) in [6.45, 7) is 6.03. The van der Waals surface area contributed by atoms with Crippen LogP contribution in [0.5, 0.6) is 5.75 Å². The van der Waals surface area contributed by atoms with Crippen LogP contribution in [0.3, 0.4) is 0 Å². The number of amides is 1. The highest BCUT2D eigenvalue weighted by Gasteiger charge is 2.20. The maximum atomic E-state index is 12.6. The molecule has 0 fully saturated rings. The van der Waals surface area contributed by atoms with Crippen molar-refractivity contribution in [1.29, 1.82) is 0 Å². The van der Waals surface area contributed by atoms with Crippen LogP contribution >= 0.6 is 11.8 Å². The second-order valence-electron chi connectivity index (χ2n) is 5.20. The molecule has 1 atom stereocenters. The average molecular weight is 329 g/mol. The molecule has 0 spiro atoms. The second kappa shape index (κ2) is 8.63. The third-order valence-corrected chi connectivity index (χ3v) is 4.43. The topological polar surface area (TPSA) is 38.3 Å². The van der Waals surface area contributed by atoms with Crippen molar-refractivity contribution >= 4 is 23.4 Å². The van der Waals surface area contributed by atoms with Crippen LogP contribution in [0, 0.1) is 6.92 Å². The summed E-state index contributed by atoms with van der Waals surface area (Å²) in [5, 5.41) is 3.00. The summed E-state index contributed by atoms with van der Waals surface area (Å²) in [5.74, 6) is 1.61. The van der Waals surface area contributed by atoms with Crippen molar-refractivity contribution in [3.05, 3.63) is 54.1 Å². The number of hydrogen-bond acceptors (Lipinski definition) is 3. The van der Waals surface area contributed by atoms with E-state index < -0.39 is 6.10 Å². The minimum atomic E-state index is -0.504. The molecule has 0 aliphatic carbocycles. The summed E-state index contributed by atoms with van der Waals surface area (Å²) in [7, 11) is 0. The van der Waals surface area contributed by atoms with Gasteiger partial charge >= 0.3 is 0 Å². The van der Waals surface area contributed by atoms with Gasteiger partial charge in [-0.1, -0.05) is 44.2 Å². The molecule has 122 valence electrons. The van der Waals surface area contributed by atoms with Crippen LogP contribution in [-0.2, 0) is 4.79 Å². The Balaban J connectivity index is 2.10. The number of rotatable bonds is 7. The first-order chi connectivity index (χ1) is 11.2. The van der Waals surface area contributed by atoms with E-state index in [2.05, 4.69) is 12.2 Å². The molecule has 4 heteroatoms. The molecule has 0 bridgehead atoms. The molecule has 0 aliphatic rings. The van der Waals surface area contributed by atoms with Gasteiger partial charge in [0.25, 0.3) is 5.91 Å². The number of thioether (sulfide) groups is 1. The zero-order valence-electron chi connectivity index (χ0n) is 13.8. The number of hydrogen-bond donors (Lipinski definition) is 1. The van der Waals surface area contributed by atoms with Gasteiger partial charge in [-0.15, -0.1) is 11.8 Å². The van der Waals surface area contributed by atoms with Crippen molar-refractivity contribution in [2.45, 2.75) is 38.2 Å². The quantitative estimate of drug-likeness (QED) is 0.734. The molecule has 2 aromatic rings. The van der Waals surface area contributed by atoms with Crippen molar-refractivity contribution in [3.8, 4) is 5.75 Å². The summed E-state index contributed by atoms with van der Waals surface area (Å²) in [5.41, 5.74) is 1.87. The number of carbonyl (C=O) groups is 1. The number of ether oxygens (including phenoxy) is 1. The molecule has 1 amide bonds. The van der Waals surface area contributed by atoms with Crippen LogP contribution in [0.2, 0.25) is 0 Å². The molecule has 0 unspecified atom stereocenters. The van der Waals surface area contributed by atoms with Crippen molar-refractivity contribution < 1.29 is 9.53 Å². The Kier molecular flexibility index (Phi) is 6.53. The maximum Gasteiger partial charge on any atom is 0.265 e. The second-order valence-corrected chi connectivity index (χ2v) is 6.50. The van der Waals surface area contributed by atoms with Gasteiger partial charge in [-0.2, -0.15) is 0 Å². The van der Waals surface area contributed by atoms with Crippen molar-refractivity contribution in [1.82, 2.24) is 0 Å². The molecule has 0 radical (unpaired) electrons. The van der Waals surface area contributed by atoms with Crippen molar-refractivity contribution in [3.63, 3.8) is 0 Å². The van der Waals surface area contributed by atoms with E-state index >= 15 is 0 Å². The zero-order chi connectivity index (χ0) is 16.7. The molecule has 0 aromatic heterocycles. The number of benzene rings is 2. The fourth-order valence-electron chi connectivity index (χ4n) is 2.23. The molecular formula is C19H23NO2S. The van der Waals surface area contributed by atoms with E-state index in [-0.39, 0.29) is 5.91 Å². The summed E-state index contributed by atoms with van der Waals surface area (Å²) in [6, 6.07) is 15.6. The minimum absolute atomic E-state index is 0.111. The number of anilines is 1. The Morgan fingerprint density at radius 1 is 1.13 bits per heavy atom. The van der Waals surface area contributed by atoms with Crippen LogP contribution in [0.4, 0.5) is 5.69 Å². The maximum absolute atomic E-state index is 12.6. The molecule has 2 aromatic carbocycles. The highest BCUT2D eigenvalue weighted by molar-refractivity contribution is 7.99. The van der Waals surface area contributed by atoms with E-state index in [1.54, 1.807) is 11.8 Å². The van der Waals surface area contributed by atoms with E-state index in [1.165, 1.54) is 0 Å². The Bertz CT molecular complexity index is 657. The molecular weight excluding hydrogens is 306 g/mol. The minimum Gasteiger partial charge on any atom is -0.480 e. The van der Waals surface area contributed by atoms with E-state index in [9.17, 15) is 4.79 Å². The normalized spacial score (nSPS) is 11.8. The first kappa shape index (κ1) is 17.4. The van der Waals surface area contributed by atoms with Crippen molar-refractivity contribution in [2.75, 3.05) is 11.1 Å². The fraction of sp³-hybridized carbons (Fsp3) is 0.316. The van der Waals surface area contributed by atoms with Gasteiger partial charge in [0.05, 0.1) is 5.69 Å². The highest BCUT2D eigenvalue weighted by atomic mass is 32.2. The fourth-order valence-corrected chi connectivity index (χ4v) is 2.99. The van der Waals surface area contributed by atoms with Crippen molar-refractivity contribution in [2.24, 2.45) is 0 Å². The number of nitrogens with one attached hydrogen (secondary N) is 1. The van der Waals surface area contributed by atoms with Gasteiger partial charge < -0.3 is 10.1 Å². The number of para-hydroxylation sites is 2. The first-order valence-electron chi connectivity index (χ1n) is 7.90. The summed E-state index contributed by atoms with van der Waals surface area (Å²) >= 11 is 1.71. The van der Waals surface area contributed by atoms with Gasteiger partial charge in [-0.05, 0) is 42.9 Å². The molecule has 0 heterocycles. The lowest BCUT2D eigenvalue weighted by Crippen LogP contribution is -2.32. The highest BCUT2D eigenvalue weighted by Crippen LogP contribution is 2.27. The summed E-state index contributed by atoms with van der Waals surface area (Å²) < 4.78 is 5.91. The Labute approximate surface area is 142 Å². The monoisotopic (exact) mass is 329 g/mol. The average Bonchev–Trinajstić information content (AvgIpc) is 2.56. The Morgan fingerprint density at radius 3 is 2.52 bits per heavy atom. The standard InChI is InChI=1S/C19H23NO2S/c1-4-16(22-17-12-8-6-10-14(17)3)19(21)20-15-11-7-9-13-18(15)23-5-2/h6-13,16H,4-5H2,1-3H3,(H,20,21)/t16-/m1/s1. The Morgan fingerprint density at radius 2 is 1.83 bits per heavy atom. The van der Waals surface area contributed by atoms with Crippen LogP contribution in [0.15, 0.2) is 53.4 Å². The molecule has 0 saturated heterocycles. The van der Waals surface area contributed by atoms with E-state index in [4.69, 9.17) is 4.74 Å². The molecule has 0 aliphatic heterocycles. The van der Waals surface area contributed by atoms with Gasteiger partial charge in [0.2, 0.25) is 0 Å². The molecule has 3 nitrogen and oxygen atoms in total. The third-order valence-electron chi connectivity index (χ3n) is 3.47. The van der Waals surface area contributed by atoms with Gasteiger partial charge in [0.15, 0.2) is 6.10 Å². The summed E-state index contributed by atoms with van der Waals surface area (Å²) in [4.78, 5) is 13.6. The zero-order valence-corrected chi connectivity index (χ0v) is 14.7. The van der Waals surface area contributed by atoms with Crippen LogP contribution in [0.25, 0.3) is 0 Å². The lowest BCUT2D eigenvalue weighted by molar-refractivity contribution is -0.122. The largest absolute Gasteiger partial charge is 0.480 e. The molecule has 1 N–H and O–H groups in total. The lowest BCUT2D eigenvalue weighted by Gasteiger charge is -2.19. The lowest BCUT2D eigenvalue weighted by atomic mass is 10.2. The first-order valence-corrected chi connectivity index (χ1v) is 8.89. The smallest absolute Gasteiger partial charge is 0.265 e. The predicted octanol–water partition coefficient (Wildman–Crippen LogP) is 4.90. The third kappa shape index (κ3) is 4.76. The van der Waals surface area contributed by atoms with Crippen LogP contribution < -0.4 is 10.1 Å². The van der Waals surface area contributed by atoms with E-state index in [0.29, 0.717) is 6.42 Å². The van der Waals surface area contributed by atoms with Gasteiger partial charge in [0.1, 0.15) is 5.75 Å². The number of carbonyl (C=O) groups excluding carboxylic acids is 1. The molecule has 0 saturated carbocycles. The number of aryl methyl sites for hydroxylation is 1. The molecule has 23 heavy (non-hydrogen) atoms. The van der Waals surface area contributed by atoms with Gasteiger partial charge in [-0.3, -0.25) is 4.79 Å². The SMILES string of the molecule is CCSc1ccccc1NC(=O)[C@@H](CC)Oc1ccccc1C. The van der Waals surface area contributed by atoms with Crippen LogP contribution in [0.1, 0.15) is 25.8 Å². The predicted molar refractivity (Wildman–Crippen MR) is 97.4 cm³/mol. The van der Waals surface area contributed by atoms with E-state index in [1.807, 2.05) is 62.4 Å². The van der Waals surface area contributed by atoms with Crippen LogP contribution in [-0.4, -0.2) is 17.8 Å².